The molecule has 5 saturated heterocycles. The molecule has 2 unspecified atom stereocenters. The SMILES string of the molecule is CCN(CC)C1CCN(C(=O)Cl)C1.CCN(CC)C1CCNC1.CCN(CC)[C@@H]1CCN(C(=O)Oc2cc(F)ccc2/C=C2/SC(N3CCCCN3)=NC2=O)C1.Cl.Cl.Cl.O=C1N=C(N2CCCCN2)S/C1=C\c1ccc(F)cc1O.O=CO[O-].[H-].[K+].[K+]. The molecule has 0 bridgehead atoms. The number of nitrogens with zero attached hydrogens (tertiary/aromatic N) is 9. The van der Waals surface area contributed by atoms with Crippen LogP contribution in [0.2, 0.25) is 0 Å². The standard InChI is InChI=1S/C23H30FN5O3S.C14H14FN3O2S.C9H17ClN2O.C8H18N2.CH2O3.3ClH.2K.H/c1-3-27(4-2)18-9-12-28(15-18)23(31)32-19-14-17(24)8-7-16(19)13-20-21(30)26-22(33-20)29-11-6-5-10-25-29;15-10-4-3-9(11(19)8-10)7-12-13(20)17-14(21-12)18-6-2-1-5-16-18;1-3-11(4-2)8-5-6-12(7-8)9(10)13;1-3-10(4-2)8-5-6-9-7-8;2-1-4-3;;;;;;/h7-8,13-14,18,25H,3-6,9-12,15H2,1-2H3;3-4,7-8,16,19H,1-2,5-6H2;8H,3-7H2,1-2H3;8-9H,3-7H2,1-2H3;1,3H;3*1H;;;/q;;;;;;;;2*+1;-1/p-1/b20-13+;12-7-;;;;;;;;;/t18-;;;;;;;;;;/m1........../s1. The predicted molar refractivity (Wildman–Crippen MR) is 336 cm³/mol. The van der Waals surface area contributed by atoms with E-state index in [9.17, 15) is 33.1 Å². The Morgan fingerprint density at radius 2 is 1.14 bits per heavy atom. The van der Waals surface area contributed by atoms with Crippen LogP contribution in [-0.2, 0) is 19.3 Å². The summed E-state index contributed by atoms with van der Waals surface area (Å²) in [6.07, 6.45) is 10.2. The minimum atomic E-state index is -0.519. The second-order valence-corrected chi connectivity index (χ2v) is 21.8. The van der Waals surface area contributed by atoms with Crippen LogP contribution >= 0.6 is 72.3 Å². The first-order chi connectivity index (χ1) is 39.1. The van der Waals surface area contributed by atoms with Gasteiger partial charge in [-0.15, -0.1) is 37.2 Å². The van der Waals surface area contributed by atoms with Gasteiger partial charge in [-0.25, -0.2) is 24.4 Å². The Hall–Kier alpha value is -1.08. The fourth-order valence-corrected chi connectivity index (χ4v) is 12.1. The number of rotatable bonds is 13. The summed E-state index contributed by atoms with van der Waals surface area (Å²) in [5.41, 5.74) is 7.28. The van der Waals surface area contributed by atoms with Crippen LogP contribution in [0.1, 0.15) is 99.0 Å². The molecular formula is C55H84Cl4F2K2N12O9S2. The van der Waals surface area contributed by atoms with E-state index in [1.165, 1.54) is 92.5 Å². The van der Waals surface area contributed by atoms with Gasteiger partial charge in [0.1, 0.15) is 23.1 Å². The number of likely N-dealkylation sites (tertiary alicyclic amines) is 2. The number of amidine groups is 2. The number of aromatic hydroxyl groups is 1. The average Bonchev–Trinajstić information content (AvgIpc) is 3.39. The first-order valence-corrected chi connectivity index (χ1v) is 30.0. The maximum atomic E-state index is 14.0. The van der Waals surface area contributed by atoms with E-state index >= 15 is 0 Å². The van der Waals surface area contributed by atoms with Gasteiger partial charge in [-0.2, -0.15) is 9.98 Å². The number of halogens is 6. The van der Waals surface area contributed by atoms with E-state index in [1.807, 2.05) is 10.0 Å². The third-order valence-corrected chi connectivity index (χ3v) is 16.8. The molecular weight excluding hydrogens is 1290 g/mol. The summed E-state index contributed by atoms with van der Waals surface area (Å²) < 4.78 is 32.5. The Kier molecular flexibility index (Phi) is 45.5. The molecule has 0 radical (unpaired) electrons. The van der Waals surface area contributed by atoms with E-state index in [0.29, 0.717) is 56.4 Å². The molecule has 7 heterocycles. The van der Waals surface area contributed by atoms with E-state index in [2.05, 4.69) is 87.3 Å². The maximum absolute atomic E-state index is 14.0. The number of ether oxygens (including phenoxy) is 1. The summed E-state index contributed by atoms with van der Waals surface area (Å²) in [5.74, 6) is -1.83. The number of hydrazine groups is 2. The molecule has 0 saturated carbocycles. The zero-order valence-corrected chi connectivity index (χ0v) is 61.7. The van der Waals surface area contributed by atoms with Crippen molar-refractivity contribution in [2.75, 3.05) is 105 Å². The molecule has 474 valence electrons. The fourth-order valence-electron chi connectivity index (χ4n) is 10.1. The molecule has 2 aromatic rings. The fraction of sp³-hybridized carbons (Fsp3) is 0.582. The Balaban J connectivity index is 0. The molecule has 4 N–H and O–H groups in total. The number of nitrogens with one attached hydrogen (secondary N) is 3. The van der Waals surface area contributed by atoms with Gasteiger partial charge in [0.25, 0.3) is 18.3 Å². The third kappa shape index (κ3) is 27.2. The van der Waals surface area contributed by atoms with Crippen molar-refractivity contribution in [2.45, 2.75) is 105 Å². The monoisotopic (exact) mass is 1380 g/mol. The van der Waals surface area contributed by atoms with Gasteiger partial charge in [0, 0.05) is 100 Å². The van der Waals surface area contributed by atoms with E-state index in [1.54, 1.807) is 15.9 Å². The number of thioether (sulfide) groups is 2. The Bertz CT molecular complexity index is 2540. The van der Waals surface area contributed by atoms with Gasteiger partial charge in [-0.05, 0) is 162 Å². The molecule has 7 aliphatic rings. The topological polar surface area (TPSA) is 231 Å². The molecule has 4 amide bonds. The summed E-state index contributed by atoms with van der Waals surface area (Å²) in [7, 11) is 0. The predicted octanol–water partition coefficient (Wildman–Crippen LogP) is 1.69. The summed E-state index contributed by atoms with van der Waals surface area (Å²) in [5, 5.41) is 26.2. The number of aliphatic imine (C=N–C) groups is 2. The number of hydrogen-bond donors (Lipinski definition) is 4. The van der Waals surface area contributed by atoms with Crippen molar-refractivity contribution >= 4 is 125 Å². The van der Waals surface area contributed by atoms with Crippen LogP contribution in [0.5, 0.6) is 11.5 Å². The van der Waals surface area contributed by atoms with Crippen LogP contribution < -0.4 is 129 Å². The van der Waals surface area contributed by atoms with Crippen molar-refractivity contribution in [3.05, 3.63) is 69.0 Å². The molecule has 9 rings (SSSR count). The molecule has 86 heavy (non-hydrogen) atoms. The Morgan fingerprint density at radius 3 is 1.55 bits per heavy atom. The van der Waals surface area contributed by atoms with Crippen LogP contribution in [0.4, 0.5) is 18.4 Å². The summed E-state index contributed by atoms with van der Waals surface area (Å²) in [4.78, 5) is 78.9. The molecule has 2 aromatic carbocycles. The number of phenolic OH excluding ortho intramolecular Hbond substituents is 1. The summed E-state index contributed by atoms with van der Waals surface area (Å²) in [6, 6.07) is 9.30. The Labute approximate surface area is 624 Å². The third-order valence-electron chi connectivity index (χ3n) is 14.5. The second-order valence-electron chi connectivity index (χ2n) is 19.4. The molecule has 0 aromatic heterocycles. The van der Waals surface area contributed by atoms with Crippen LogP contribution in [0.3, 0.4) is 0 Å². The largest absolute Gasteiger partial charge is 1.00 e. The molecule has 31 heteroatoms. The van der Waals surface area contributed by atoms with E-state index in [0.717, 1.165) is 116 Å². The van der Waals surface area contributed by atoms with E-state index < -0.39 is 17.7 Å². The van der Waals surface area contributed by atoms with Gasteiger partial charge in [0.2, 0.25) is 0 Å². The van der Waals surface area contributed by atoms with Gasteiger partial charge in [-0.3, -0.25) is 43.9 Å². The van der Waals surface area contributed by atoms with Gasteiger partial charge < -0.3 is 36.5 Å². The minimum absolute atomic E-state index is 0. The number of carbonyl (C=O) groups is 5. The van der Waals surface area contributed by atoms with Crippen LogP contribution in [0, 0.1) is 11.6 Å². The number of benzene rings is 2. The van der Waals surface area contributed by atoms with Crippen molar-refractivity contribution in [1.82, 2.24) is 50.7 Å². The number of carbonyl (C=O) groups excluding carboxylic acids is 5. The van der Waals surface area contributed by atoms with Crippen molar-refractivity contribution < 1.29 is 157 Å². The van der Waals surface area contributed by atoms with Crippen LogP contribution in [-0.4, -0.2) is 203 Å². The smallest absolute Gasteiger partial charge is 1.00 e. The molecule has 21 nitrogen and oxygen atoms in total. The number of amides is 4. The van der Waals surface area contributed by atoms with Crippen molar-refractivity contribution in [1.29, 1.82) is 0 Å². The zero-order valence-electron chi connectivity index (χ0n) is 51.6. The van der Waals surface area contributed by atoms with Crippen LogP contribution in [0.25, 0.3) is 12.2 Å². The first kappa shape index (κ1) is 84.9. The number of likely N-dealkylation sites (N-methyl/N-ethyl adjacent to an activating group) is 3. The zero-order chi connectivity index (χ0) is 58.8. The second kappa shape index (κ2) is 46.1. The van der Waals surface area contributed by atoms with Crippen molar-refractivity contribution in [2.24, 2.45) is 9.98 Å². The molecule has 7 aliphatic heterocycles. The molecule has 3 atom stereocenters. The van der Waals surface area contributed by atoms with Gasteiger partial charge in [-0.1, -0.05) is 41.5 Å². The van der Waals surface area contributed by atoms with Gasteiger partial charge in [0.15, 0.2) is 10.3 Å². The normalized spacial score (nSPS) is 20.5. The van der Waals surface area contributed by atoms with E-state index in [-0.39, 0.29) is 177 Å². The minimum Gasteiger partial charge on any atom is -1.00 e. The summed E-state index contributed by atoms with van der Waals surface area (Å²) >= 11 is 7.92. The molecule has 0 spiro atoms. The summed E-state index contributed by atoms with van der Waals surface area (Å²) in [6.45, 7) is 27.6. The number of hydrogen-bond acceptors (Lipinski definition) is 19. The first-order valence-electron chi connectivity index (χ1n) is 28.0. The average molecular weight is 1380 g/mol. The molecule has 5 fully saturated rings. The van der Waals surface area contributed by atoms with Gasteiger partial charge in [0.05, 0.1) is 9.81 Å². The van der Waals surface area contributed by atoms with Crippen molar-refractivity contribution in [3.63, 3.8) is 0 Å². The quantitative estimate of drug-likeness (QED) is 0.0425. The van der Waals surface area contributed by atoms with Crippen LogP contribution in [0.15, 0.2) is 56.2 Å². The maximum Gasteiger partial charge on any atom is 1.00 e. The molecule has 0 aliphatic carbocycles. The number of phenols is 1. The van der Waals surface area contributed by atoms with Gasteiger partial charge >= 0.3 is 114 Å². The van der Waals surface area contributed by atoms with Crippen molar-refractivity contribution in [3.8, 4) is 11.5 Å². The van der Waals surface area contributed by atoms with E-state index in [4.69, 9.17) is 26.4 Å². The Morgan fingerprint density at radius 1 is 0.698 bits per heavy atom.